The number of nitrogens with zero attached hydrogens (tertiary/aromatic N) is 3. The number of para-hydroxylation sites is 1. The molecule has 0 saturated heterocycles. The Morgan fingerprint density at radius 3 is 2.40 bits per heavy atom. The van der Waals surface area contributed by atoms with E-state index in [2.05, 4.69) is 5.32 Å². The van der Waals surface area contributed by atoms with Crippen molar-refractivity contribution in [2.45, 2.75) is 11.8 Å². The molecule has 10 heteroatoms. The van der Waals surface area contributed by atoms with Crippen LogP contribution in [0.5, 0.6) is 0 Å². The Balaban J connectivity index is 1.52. The molecule has 35 heavy (non-hydrogen) atoms. The fourth-order valence-electron chi connectivity index (χ4n) is 4.30. The first kappa shape index (κ1) is 22.6. The van der Waals surface area contributed by atoms with E-state index in [4.69, 9.17) is 0 Å². The van der Waals surface area contributed by atoms with Crippen LogP contribution in [-0.2, 0) is 21.9 Å². The molecule has 0 atom stereocenters. The van der Waals surface area contributed by atoms with Gasteiger partial charge in [-0.05, 0) is 43.3 Å². The lowest BCUT2D eigenvalue weighted by Crippen LogP contribution is -2.40. The molecule has 0 spiro atoms. The summed E-state index contributed by atoms with van der Waals surface area (Å²) in [6, 6.07) is 18.9. The average molecular weight is 493 g/mol. The van der Waals surface area contributed by atoms with E-state index in [1.165, 1.54) is 22.9 Å². The van der Waals surface area contributed by atoms with Gasteiger partial charge in [-0.2, -0.15) is 0 Å². The van der Waals surface area contributed by atoms with E-state index in [1.54, 1.807) is 61.1 Å². The molecular formula is C25H21FN4O4S. The number of carbonyl (C=O) groups excluding carboxylic acids is 1. The van der Waals surface area contributed by atoms with Gasteiger partial charge in [0.15, 0.2) is 0 Å². The molecule has 0 unspecified atom stereocenters. The van der Waals surface area contributed by atoms with Crippen LogP contribution in [0.25, 0.3) is 16.8 Å². The zero-order valence-electron chi connectivity index (χ0n) is 18.9. The molecule has 8 nitrogen and oxygen atoms in total. The third-order valence-electron chi connectivity index (χ3n) is 6.08. The SMILES string of the molecule is Cc1c(NC(=O)CN2c3ccc(F)cc3-c3ccccc3S2(=O)=O)c(=O)n(-c2ccccc2)n1C. The van der Waals surface area contributed by atoms with E-state index >= 15 is 0 Å². The summed E-state index contributed by atoms with van der Waals surface area (Å²) in [5.41, 5.74) is 1.64. The summed E-state index contributed by atoms with van der Waals surface area (Å²) in [5, 5.41) is 2.59. The van der Waals surface area contributed by atoms with E-state index < -0.39 is 33.9 Å². The molecule has 1 amide bonds. The lowest BCUT2D eigenvalue weighted by molar-refractivity contribution is -0.114. The Kier molecular flexibility index (Phi) is 5.32. The smallest absolute Gasteiger partial charge is 0.295 e. The number of hydrogen-bond donors (Lipinski definition) is 1. The van der Waals surface area contributed by atoms with Gasteiger partial charge in [0.1, 0.15) is 18.0 Å². The monoisotopic (exact) mass is 492 g/mol. The molecule has 0 fully saturated rings. The van der Waals surface area contributed by atoms with Crippen LogP contribution in [0.2, 0.25) is 0 Å². The Bertz CT molecular complexity index is 1640. The van der Waals surface area contributed by atoms with Crippen molar-refractivity contribution in [2.75, 3.05) is 16.2 Å². The van der Waals surface area contributed by atoms with Crippen molar-refractivity contribution in [3.05, 3.63) is 94.7 Å². The van der Waals surface area contributed by atoms with Gasteiger partial charge in [0.05, 0.1) is 22.0 Å². The van der Waals surface area contributed by atoms with Crippen molar-refractivity contribution < 1.29 is 17.6 Å². The summed E-state index contributed by atoms with van der Waals surface area (Å²) in [4.78, 5) is 26.2. The summed E-state index contributed by atoms with van der Waals surface area (Å²) in [6.45, 7) is 1.09. The predicted octanol–water partition coefficient (Wildman–Crippen LogP) is 3.44. The van der Waals surface area contributed by atoms with Crippen molar-refractivity contribution in [2.24, 2.45) is 7.05 Å². The van der Waals surface area contributed by atoms with Crippen LogP contribution >= 0.6 is 0 Å². The van der Waals surface area contributed by atoms with Crippen LogP contribution < -0.4 is 15.2 Å². The van der Waals surface area contributed by atoms with Gasteiger partial charge in [0.2, 0.25) is 5.91 Å². The maximum Gasteiger partial charge on any atom is 0.295 e. The average Bonchev–Trinajstić information content (AvgIpc) is 3.05. The van der Waals surface area contributed by atoms with Crippen LogP contribution in [0, 0.1) is 12.7 Å². The number of rotatable bonds is 4. The van der Waals surface area contributed by atoms with Crippen molar-refractivity contribution in [3.63, 3.8) is 0 Å². The van der Waals surface area contributed by atoms with Gasteiger partial charge in [-0.1, -0.05) is 36.4 Å². The third-order valence-corrected chi connectivity index (χ3v) is 7.90. The van der Waals surface area contributed by atoms with Crippen molar-refractivity contribution >= 4 is 27.3 Å². The second-order valence-electron chi connectivity index (χ2n) is 8.15. The van der Waals surface area contributed by atoms with Gasteiger partial charge in [-0.15, -0.1) is 0 Å². The molecule has 0 bridgehead atoms. The lowest BCUT2D eigenvalue weighted by Gasteiger charge is -2.31. The standard InChI is InChI=1S/C25H21FN4O4S/c1-16-24(25(32)30(28(16)2)18-8-4-3-5-9-18)27-23(31)15-29-21-13-12-17(26)14-20(21)19-10-6-7-11-22(19)35(29,33)34/h3-14H,15H2,1-2H3,(H,27,31). The largest absolute Gasteiger partial charge is 0.318 e. The quantitative estimate of drug-likeness (QED) is 0.472. The van der Waals surface area contributed by atoms with Crippen LogP contribution in [0.1, 0.15) is 5.69 Å². The first-order valence-electron chi connectivity index (χ1n) is 10.8. The van der Waals surface area contributed by atoms with Gasteiger partial charge in [0, 0.05) is 18.2 Å². The molecule has 5 rings (SSSR count). The summed E-state index contributed by atoms with van der Waals surface area (Å²) in [5.74, 6) is -1.22. The summed E-state index contributed by atoms with van der Waals surface area (Å²) < 4.78 is 44.8. The van der Waals surface area contributed by atoms with E-state index in [0.29, 0.717) is 22.5 Å². The molecule has 1 N–H and O–H groups in total. The number of fused-ring (bicyclic) bond motifs is 3. The minimum atomic E-state index is -4.10. The maximum absolute atomic E-state index is 14.0. The van der Waals surface area contributed by atoms with Gasteiger partial charge in [-0.25, -0.2) is 17.5 Å². The number of sulfonamides is 1. The van der Waals surface area contributed by atoms with Gasteiger partial charge < -0.3 is 5.32 Å². The molecule has 0 aliphatic carbocycles. The van der Waals surface area contributed by atoms with Crippen LogP contribution in [-0.4, -0.2) is 30.2 Å². The highest BCUT2D eigenvalue weighted by Gasteiger charge is 2.36. The molecule has 1 aromatic heterocycles. The zero-order valence-corrected chi connectivity index (χ0v) is 19.7. The fourth-order valence-corrected chi connectivity index (χ4v) is 5.94. The van der Waals surface area contributed by atoms with Crippen molar-refractivity contribution in [1.29, 1.82) is 0 Å². The van der Waals surface area contributed by atoms with Crippen molar-refractivity contribution in [1.82, 2.24) is 9.36 Å². The zero-order chi connectivity index (χ0) is 24.9. The molecule has 1 aliphatic rings. The Hall–Kier alpha value is -4.18. The van der Waals surface area contributed by atoms with Crippen LogP contribution in [0.15, 0.2) is 82.5 Å². The number of nitrogens with one attached hydrogen (secondary N) is 1. The molecule has 2 heterocycles. The number of benzene rings is 3. The van der Waals surface area contributed by atoms with E-state index in [0.717, 1.165) is 10.4 Å². The van der Waals surface area contributed by atoms with Gasteiger partial charge in [0.25, 0.3) is 15.6 Å². The Morgan fingerprint density at radius 1 is 0.971 bits per heavy atom. The van der Waals surface area contributed by atoms with Crippen molar-refractivity contribution in [3.8, 4) is 16.8 Å². The highest BCUT2D eigenvalue weighted by Crippen LogP contribution is 2.43. The lowest BCUT2D eigenvalue weighted by atomic mass is 10.0. The number of amides is 1. The molecule has 1 aliphatic heterocycles. The fraction of sp³-hybridized carbons (Fsp3) is 0.120. The van der Waals surface area contributed by atoms with E-state index in [-0.39, 0.29) is 16.3 Å². The molecular weight excluding hydrogens is 471 g/mol. The van der Waals surface area contributed by atoms with Gasteiger partial charge in [-0.3, -0.25) is 18.6 Å². The summed E-state index contributed by atoms with van der Waals surface area (Å²) in [7, 11) is -2.41. The predicted molar refractivity (Wildman–Crippen MR) is 131 cm³/mol. The molecule has 0 radical (unpaired) electrons. The second kappa shape index (κ2) is 8.24. The normalized spacial score (nSPS) is 13.7. The topological polar surface area (TPSA) is 93.4 Å². The van der Waals surface area contributed by atoms with Crippen LogP contribution in [0.3, 0.4) is 0 Å². The number of carbonyl (C=O) groups is 1. The summed E-state index contributed by atoms with van der Waals surface area (Å²) in [6.07, 6.45) is 0. The Morgan fingerprint density at radius 2 is 1.66 bits per heavy atom. The van der Waals surface area contributed by atoms with Crippen LogP contribution in [0.4, 0.5) is 15.8 Å². The second-order valence-corrected chi connectivity index (χ2v) is 9.98. The maximum atomic E-state index is 14.0. The summed E-state index contributed by atoms with van der Waals surface area (Å²) >= 11 is 0. The highest BCUT2D eigenvalue weighted by atomic mass is 32.2. The number of halogens is 1. The molecule has 3 aromatic carbocycles. The minimum absolute atomic E-state index is 0.0202. The third kappa shape index (κ3) is 3.62. The minimum Gasteiger partial charge on any atom is -0.318 e. The first-order chi connectivity index (χ1) is 16.7. The highest BCUT2D eigenvalue weighted by molar-refractivity contribution is 7.93. The van der Waals surface area contributed by atoms with Gasteiger partial charge >= 0.3 is 0 Å². The Labute approximate surface area is 200 Å². The molecule has 178 valence electrons. The number of anilines is 2. The van der Waals surface area contributed by atoms with E-state index in [9.17, 15) is 22.4 Å². The number of aromatic nitrogens is 2. The van der Waals surface area contributed by atoms with E-state index in [1.807, 2.05) is 6.07 Å². The number of hydrogen-bond acceptors (Lipinski definition) is 4. The molecule has 0 saturated carbocycles. The first-order valence-corrected chi connectivity index (χ1v) is 12.2. The molecule has 4 aromatic rings.